The molecule has 2 aromatic heterocycles. The molecule has 1 unspecified atom stereocenters. The number of hydrogen-bond acceptors (Lipinski definition) is 5. The van der Waals surface area contributed by atoms with Crippen molar-refractivity contribution in [2.45, 2.75) is 23.8 Å². The molecule has 0 saturated heterocycles. The smallest absolute Gasteiger partial charge is 0.250 e. The highest BCUT2D eigenvalue weighted by Crippen LogP contribution is 2.23. The lowest BCUT2D eigenvalue weighted by Crippen LogP contribution is -2.26. The van der Waals surface area contributed by atoms with E-state index in [0.717, 1.165) is 11.3 Å². The molecular weight excluding hydrogens is 284 g/mol. The Morgan fingerprint density at radius 1 is 1.37 bits per heavy atom. The van der Waals surface area contributed by atoms with Crippen LogP contribution in [0.25, 0.3) is 0 Å². The van der Waals surface area contributed by atoms with Gasteiger partial charge in [-0.05, 0) is 31.2 Å². The molecule has 2 N–H and O–H groups in total. The summed E-state index contributed by atoms with van der Waals surface area (Å²) >= 11 is 1.06. The molecular formula is C12H14N2O3S2. The first-order chi connectivity index (χ1) is 9.03. The van der Waals surface area contributed by atoms with Gasteiger partial charge in [-0.1, -0.05) is 6.07 Å². The number of hydrogen-bond donors (Lipinski definition) is 2. The Hall–Kier alpha value is -1.28. The van der Waals surface area contributed by atoms with Crippen LogP contribution < -0.4 is 4.72 Å². The zero-order valence-electron chi connectivity index (χ0n) is 10.3. The van der Waals surface area contributed by atoms with Gasteiger partial charge in [0.1, 0.15) is 4.21 Å². The number of nitrogens with zero attached hydrogens (tertiary/aromatic N) is 1. The van der Waals surface area contributed by atoms with Crippen molar-refractivity contribution >= 4 is 21.4 Å². The Labute approximate surface area is 116 Å². The van der Waals surface area contributed by atoms with Crippen molar-refractivity contribution in [2.75, 3.05) is 0 Å². The van der Waals surface area contributed by atoms with Crippen LogP contribution in [0.1, 0.15) is 23.5 Å². The summed E-state index contributed by atoms with van der Waals surface area (Å²) in [5, 5.41) is 8.96. The van der Waals surface area contributed by atoms with Gasteiger partial charge in [0, 0.05) is 11.1 Å². The van der Waals surface area contributed by atoms with E-state index in [1.807, 2.05) is 6.07 Å². The highest BCUT2D eigenvalue weighted by molar-refractivity contribution is 7.91. The van der Waals surface area contributed by atoms with Gasteiger partial charge < -0.3 is 5.11 Å². The van der Waals surface area contributed by atoms with Gasteiger partial charge in [0.05, 0.1) is 18.3 Å². The summed E-state index contributed by atoms with van der Waals surface area (Å²) in [5.41, 5.74) is 0.657. The summed E-state index contributed by atoms with van der Waals surface area (Å²) in [6, 6.07) is 8.03. The Bertz CT molecular complexity index is 638. The van der Waals surface area contributed by atoms with Crippen LogP contribution in [0.2, 0.25) is 0 Å². The lowest BCUT2D eigenvalue weighted by Gasteiger charge is -2.12. The molecule has 2 aromatic rings. The number of sulfonamides is 1. The molecule has 19 heavy (non-hydrogen) atoms. The molecule has 0 aliphatic carbocycles. The summed E-state index contributed by atoms with van der Waals surface area (Å²) in [6.45, 7) is 1.58. The Kier molecular flexibility index (Phi) is 4.31. The molecule has 0 bridgehead atoms. The maximum absolute atomic E-state index is 12.1. The predicted molar refractivity (Wildman–Crippen MR) is 73.2 cm³/mol. The van der Waals surface area contributed by atoms with Crippen LogP contribution in [-0.2, 0) is 16.6 Å². The Morgan fingerprint density at radius 3 is 2.74 bits per heavy atom. The number of aliphatic hydroxyl groups is 1. The third-order valence-electron chi connectivity index (χ3n) is 2.52. The molecule has 0 fully saturated rings. The first-order valence-corrected chi connectivity index (χ1v) is 7.96. The van der Waals surface area contributed by atoms with Crippen LogP contribution in [0.4, 0.5) is 0 Å². The topological polar surface area (TPSA) is 79.3 Å². The summed E-state index contributed by atoms with van der Waals surface area (Å²) < 4.78 is 27.0. The first-order valence-electron chi connectivity index (χ1n) is 5.66. The molecule has 7 heteroatoms. The lowest BCUT2D eigenvalue weighted by molar-refractivity contribution is 0.285. The second kappa shape index (κ2) is 5.79. The standard InChI is InChI=1S/C12H14N2O3S2/c1-9(11-4-2-3-7-13-11)14-19(16,17)12-6-5-10(8-15)18-12/h2-7,9,14-15H,8H2,1H3. The van der Waals surface area contributed by atoms with Crippen molar-refractivity contribution in [3.8, 4) is 0 Å². The van der Waals surface area contributed by atoms with Crippen LogP contribution in [0, 0.1) is 0 Å². The second-order valence-electron chi connectivity index (χ2n) is 3.98. The largest absolute Gasteiger partial charge is 0.391 e. The highest BCUT2D eigenvalue weighted by atomic mass is 32.2. The molecule has 2 heterocycles. The number of nitrogens with one attached hydrogen (secondary N) is 1. The zero-order valence-corrected chi connectivity index (χ0v) is 11.9. The monoisotopic (exact) mass is 298 g/mol. The van der Waals surface area contributed by atoms with E-state index in [4.69, 9.17) is 5.11 Å². The van der Waals surface area contributed by atoms with E-state index in [9.17, 15) is 8.42 Å². The van der Waals surface area contributed by atoms with E-state index in [0.29, 0.717) is 10.6 Å². The van der Waals surface area contributed by atoms with E-state index in [1.165, 1.54) is 6.07 Å². The maximum Gasteiger partial charge on any atom is 0.250 e. The van der Waals surface area contributed by atoms with E-state index in [1.54, 1.807) is 31.3 Å². The molecule has 0 spiro atoms. The van der Waals surface area contributed by atoms with E-state index in [2.05, 4.69) is 9.71 Å². The molecule has 1 atom stereocenters. The summed E-state index contributed by atoms with van der Waals surface area (Å²) in [4.78, 5) is 4.73. The molecule has 0 aliphatic rings. The molecule has 2 rings (SSSR count). The third-order valence-corrected chi connectivity index (χ3v) is 5.62. The van der Waals surface area contributed by atoms with Gasteiger partial charge in [-0.25, -0.2) is 13.1 Å². The lowest BCUT2D eigenvalue weighted by atomic mass is 10.2. The van der Waals surface area contributed by atoms with Crippen molar-refractivity contribution in [2.24, 2.45) is 0 Å². The van der Waals surface area contributed by atoms with Gasteiger partial charge in [0.2, 0.25) is 0 Å². The summed E-state index contributed by atoms with van der Waals surface area (Å²) in [6.07, 6.45) is 1.62. The zero-order chi connectivity index (χ0) is 13.9. The van der Waals surface area contributed by atoms with Crippen LogP contribution in [0.15, 0.2) is 40.7 Å². The summed E-state index contributed by atoms with van der Waals surface area (Å²) in [7, 11) is -3.58. The molecule has 0 aliphatic heterocycles. The number of aliphatic hydroxyl groups excluding tert-OH is 1. The van der Waals surface area contributed by atoms with Gasteiger partial charge in [0.25, 0.3) is 10.0 Å². The van der Waals surface area contributed by atoms with E-state index in [-0.39, 0.29) is 10.8 Å². The molecule has 0 amide bonds. The SMILES string of the molecule is CC(NS(=O)(=O)c1ccc(CO)s1)c1ccccn1. The minimum Gasteiger partial charge on any atom is -0.391 e. The summed E-state index contributed by atoms with van der Waals surface area (Å²) in [5.74, 6) is 0. The van der Waals surface area contributed by atoms with Crippen LogP contribution >= 0.6 is 11.3 Å². The number of pyridine rings is 1. The van der Waals surface area contributed by atoms with Crippen LogP contribution in [-0.4, -0.2) is 18.5 Å². The average Bonchev–Trinajstić information content (AvgIpc) is 2.89. The second-order valence-corrected chi connectivity index (χ2v) is 7.09. The fraction of sp³-hybridized carbons (Fsp3) is 0.250. The molecule has 5 nitrogen and oxygen atoms in total. The predicted octanol–water partition coefficient (Wildman–Crippen LogP) is 1.67. The molecule has 0 radical (unpaired) electrons. The van der Waals surface area contributed by atoms with Gasteiger partial charge in [-0.3, -0.25) is 4.98 Å². The Morgan fingerprint density at radius 2 is 2.16 bits per heavy atom. The normalized spacial score (nSPS) is 13.4. The average molecular weight is 298 g/mol. The minimum atomic E-state index is -3.58. The number of rotatable bonds is 5. The van der Waals surface area contributed by atoms with Gasteiger partial charge in [-0.2, -0.15) is 0 Å². The quantitative estimate of drug-likeness (QED) is 0.880. The van der Waals surface area contributed by atoms with Crippen molar-refractivity contribution in [3.63, 3.8) is 0 Å². The molecule has 0 saturated carbocycles. The van der Waals surface area contributed by atoms with Crippen molar-refractivity contribution < 1.29 is 13.5 Å². The van der Waals surface area contributed by atoms with Crippen LogP contribution in [0.5, 0.6) is 0 Å². The van der Waals surface area contributed by atoms with Crippen molar-refractivity contribution in [1.29, 1.82) is 0 Å². The number of aromatic nitrogens is 1. The maximum atomic E-state index is 12.1. The van der Waals surface area contributed by atoms with E-state index < -0.39 is 16.1 Å². The van der Waals surface area contributed by atoms with Crippen molar-refractivity contribution in [3.05, 3.63) is 47.1 Å². The third kappa shape index (κ3) is 3.38. The van der Waals surface area contributed by atoms with Gasteiger partial charge in [0.15, 0.2) is 0 Å². The Balaban J connectivity index is 2.17. The fourth-order valence-corrected chi connectivity index (χ4v) is 4.02. The van der Waals surface area contributed by atoms with Gasteiger partial charge >= 0.3 is 0 Å². The molecule has 102 valence electrons. The first kappa shape index (κ1) is 14.1. The van der Waals surface area contributed by atoms with E-state index >= 15 is 0 Å². The van der Waals surface area contributed by atoms with Crippen molar-refractivity contribution in [1.82, 2.24) is 9.71 Å². The fourth-order valence-electron chi connectivity index (χ4n) is 1.57. The highest BCUT2D eigenvalue weighted by Gasteiger charge is 2.20. The van der Waals surface area contributed by atoms with Gasteiger partial charge in [-0.15, -0.1) is 11.3 Å². The molecule has 0 aromatic carbocycles. The minimum absolute atomic E-state index is 0.157. The van der Waals surface area contributed by atoms with Crippen LogP contribution in [0.3, 0.4) is 0 Å². The number of thiophene rings is 1.